The molecular formula is C15H22O3. The molecule has 0 amide bonds. The predicted molar refractivity (Wildman–Crippen MR) is 69.2 cm³/mol. The van der Waals surface area contributed by atoms with Gasteiger partial charge in [-0.25, -0.2) is 4.79 Å². The Kier molecular flexibility index (Phi) is 3.12. The van der Waals surface area contributed by atoms with Crippen molar-refractivity contribution in [1.29, 1.82) is 0 Å². The summed E-state index contributed by atoms with van der Waals surface area (Å²) in [6.45, 7) is 6.49. The molecule has 100 valence electrons. The molecule has 0 radical (unpaired) electrons. The van der Waals surface area contributed by atoms with Crippen LogP contribution in [0, 0.1) is 16.7 Å². The van der Waals surface area contributed by atoms with E-state index < -0.39 is 5.97 Å². The Bertz CT molecular complexity index is 423. The number of aliphatic carboxylic acids is 1. The first-order valence-electron chi connectivity index (χ1n) is 6.79. The number of carboxylic acid groups (broad SMARTS) is 1. The smallest absolute Gasteiger partial charge is 0.328 e. The molecule has 2 rings (SSSR count). The minimum absolute atomic E-state index is 0.0260. The van der Waals surface area contributed by atoms with Crippen LogP contribution in [0.25, 0.3) is 0 Å². The number of carbonyl (C=O) groups is 2. The molecule has 0 bridgehead atoms. The minimum Gasteiger partial charge on any atom is -0.478 e. The summed E-state index contributed by atoms with van der Waals surface area (Å²) in [5.74, 6) is -0.397. The molecule has 3 heteroatoms. The van der Waals surface area contributed by atoms with Crippen LogP contribution in [0.1, 0.15) is 52.9 Å². The van der Waals surface area contributed by atoms with Gasteiger partial charge in [-0.3, -0.25) is 4.79 Å². The highest BCUT2D eigenvalue weighted by atomic mass is 16.4. The molecule has 3 atom stereocenters. The van der Waals surface area contributed by atoms with E-state index in [0.717, 1.165) is 25.3 Å². The normalized spacial score (nSPS) is 42.7. The van der Waals surface area contributed by atoms with Gasteiger partial charge in [0, 0.05) is 17.1 Å². The quantitative estimate of drug-likeness (QED) is 0.727. The number of ketones is 1. The van der Waals surface area contributed by atoms with E-state index >= 15 is 0 Å². The average molecular weight is 250 g/mol. The van der Waals surface area contributed by atoms with Crippen LogP contribution in [0.3, 0.4) is 0 Å². The van der Waals surface area contributed by atoms with Crippen molar-refractivity contribution in [2.24, 2.45) is 16.7 Å². The zero-order chi connectivity index (χ0) is 13.6. The van der Waals surface area contributed by atoms with Crippen molar-refractivity contribution in [2.75, 3.05) is 0 Å². The van der Waals surface area contributed by atoms with E-state index in [-0.39, 0.29) is 16.6 Å². The van der Waals surface area contributed by atoms with Crippen LogP contribution in [-0.2, 0) is 9.59 Å². The topological polar surface area (TPSA) is 54.4 Å². The number of fused-ring (bicyclic) bond motifs is 1. The lowest BCUT2D eigenvalue weighted by atomic mass is 9.47. The lowest BCUT2D eigenvalue weighted by Crippen LogP contribution is -2.53. The Morgan fingerprint density at radius 2 is 2.06 bits per heavy atom. The standard InChI is InChI=1S/C15H22O3/c1-10-5-4-7-15(3)13(18)11(9-12(16)17)6-8-14(10,15)2/h9-10H,4-8H2,1-3H3,(H,16,17)/b11-9-/t10-,14+,15+/m0/s1. The monoisotopic (exact) mass is 250 g/mol. The Balaban J connectivity index is 2.41. The molecule has 0 unspecified atom stereocenters. The van der Waals surface area contributed by atoms with Crippen LogP contribution in [0.15, 0.2) is 11.6 Å². The number of hydrogen-bond acceptors (Lipinski definition) is 2. The lowest BCUT2D eigenvalue weighted by molar-refractivity contribution is -0.144. The van der Waals surface area contributed by atoms with Crippen LogP contribution in [0.2, 0.25) is 0 Å². The summed E-state index contributed by atoms with van der Waals surface area (Å²) in [5.41, 5.74) is 0.166. The molecule has 3 nitrogen and oxygen atoms in total. The summed E-state index contributed by atoms with van der Waals surface area (Å²) in [6.07, 6.45) is 5.80. The van der Waals surface area contributed by atoms with Crippen molar-refractivity contribution in [2.45, 2.75) is 52.9 Å². The molecule has 0 aromatic heterocycles. The first kappa shape index (κ1) is 13.3. The molecule has 0 heterocycles. The second-order valence-electron chi connectivity index (χ2n) is 6.38. The zero-order valence-corrected chi connectivity index (χ0v) is 11.5. The molecular weight excluding hydrogens is 228 g/mol. The van der Waals surface area contributed by atoms with Crippen LogP contribution >= 0.6 is 0 Å². The maximum absolute atomic E-state index is 12.6. The molecule has 2 aliphatic carbocycles. The Labute approximate surface area is 108 Å². The van der Waals surface area contributed by atoms with Gasteiger partial charge in [0.1, 0.15) is 0 Å². The summed E-state index contributed by atoms with van der Waals surface area (Å²) >= 11 is 0. The van der Waals surface area contributed by atoms with E-state index in [0.29, 0.717) is 17.9 Å². The highest BCUT2D eigenvalue weighted by Crippen LogP contribution is 2.60. The van der Waals surface area contributed by atoms with Crippen molar-refractivity contribution in [3.8, 4) is 0 Å². The fourth-order valence-electron chi connectivity index (χ4n) is 3.95. The van der Waals surface area contributed by atoms with Gasteiger partial charge in [-0.1, -0.05) is 33.6 Å². The van der Waals surface area contributed by atoms with Crippen LogP contribution in [0.5, 0.6) is 0 Å². The third kappa shape index (κ3) is 1.72. The van der Waals surface area contributed by atoms with Gasteiger partial charge in [-0.15, -0.1) is 0 Å². The molecule has 0 spiro atoms. The lowest BCUT2D eigenvalue weighted by Gasteiger charge is -2.56. The average Bonchev–Trinajstić information content (AvgIpc) is 2.29. The molecule has 0 aromatic rings. The summed E-state index contributed by atoms with van der Waals surface area (Å²) in [7, 11) is 0. The van der Waals surface area contributed by atoms with E-state index in [4.69, 9.17) is 5.11 Å². The Hall–Kier alpha value is -1.12. The first-order valence-corrected chi connectivity index (χ1v) is 6.79. The maximum atomic E-state index is 12.6. The number of rotatable bonds is 1. The molecule has 2 fully saturated rings. The number of hydrogen-bond donors (Lipinski definition) is 1. The van der Waals surface area contributed by atoms with Crippen LogP contribution in [-0.4, -0.2) is 16.9 Å². The van der Waals surface area contributed by atoms with Gasteiger partial charge >= 0.3 is 5.97 Å². The van der Waals surface area contributed by atoms with Gasteiger partial charge in [-0.2, -0.15) is 0 Å². The molecule has 2 aliphatic rings. The van der Waals surface area contributed by atoms with Crippen LogP contribution in [0.4, 0.5) is 0 Å². The summed E-state index contributed by atoms with van der Waals surface area (Å²) < 4.78 is 0. The maximum Gasteiger partial charge on any atom is 0.328 e. The van der Waals surface area contributed by atoms with E-state index in [1.54, 1.807) is 0 Å². The predicted octanol–water partition coefficient (Wildman–Crippen LogP) is 3.19. The zero-order valence-electron chi connectivity index (χ0n) is 11.5. The van der Waals surface area contributed by atoms with Gasteiger partial charge in [0.05, 0.1) is 0 Å². The minimum atomic E-state index is -1.01. The second-order valence-corrected chi connectivity index (χ2v) is 6.38. The fourth-order valence-corrected chi connectivity index (χ4v) is 3.95. The molecule has 0 aromatic carbocycles. The van der Waals surface area contributed by atoms with Gasteiger partial charge in [-0.05, 0) is 30.6 Å². The van der Waals surface area contributed by atoms with Crippen molar-refractivity contribution in [3.63, 3.8) is 0 Å². The van der Waals surface area contributed by atoms with E-state index in [2.05, 4.69) is 13.8 Å². The van der Waals surface area contributed by atoms with Crippen LogP contribution < -0.4 is 0 Å². The molecule has 0 saturated heterocycles. The largest absolute Gasteiger partial charge is 0.478 e. The van der Waals surface area contributed by atoms with E-state index in [1.165, 1.54) is 6.42 Å². The van der Waals surface area contributed by atoms with E-state index in [1.807, 2.05) is 6.92 Å². The Morgan fingerprint density at radius 1 is 1.39 bits per heavy atom. The van der Waals surface area contributed by atoms with E-state index in [9.17, 15) is 9.59 Å². The number of carboxylic acids is 1. The van der Waals surface area contributed by atoms with Gasteiger partial charge in [0.15, 0.2) is 5.78 Å². The highest BCUT2D eigenvalue weighted by Gasteiger charge is 2.56. The van der Waals surface area contributed by atoms with Gasteiger partial charge < -0.3 is 5.11 Å². The molecule has 1 N–H and O–H groups in total. The molecule has 2 saturated carbocycles. The number of Topliss-reactive ketones (excluding diaryl/α,β-unsaturated/α-hetero) is 1. The van der Waals surface area contributed by atoms with Crippen molar-refractivity contribution < 1.29 is 14.7 Å². The molecule has 0 aliphatic heterocycles. The second kappa shape index (κ2) is 4.22. The number of allylic oxidation sites excluding steroid dienone is 1. The van der Waals surface area contributed by atoms with Crippen molar-refractivity contribution in [1.82, 2.24) is 0 Å². The Morgan fingerprint density at radius 3 is 2.67 bits per heavy atom. The summed E-state index contributed by atoms with van der Waals surface area (Å²) in [5, 5.41) is 8.85. The SMILES string of the molecule is C[C@H]1CCC[C@]2(C)C(=O)/C(=C\C(=O)O)CC[C@]12C. The third-order valence-corrected chi connectivity index (χ3v) is 5.67. The van der Waals surface area contributed by atoms with Gasteiger partial charge in [0.2, 0.25) is 0 Å². The molecule has 18 heavy (non-hydrogen) atoms. The van der Waals surface area contributed by atoms with Gasteiger partial charge in [0.25, 0.3) is 0 Å². The van der Waals surface area contributed by atoms with Crippen molar-refractivity contribution in [3.05, 3.63) is 11.6 Å². The van der Waals surface area contributed by atoms with Crippen molar-refractivity contribution >= 4 is 11.8 Å². The highest BCUT2D eigenvalue weighted by molar-refractivity contribution is 6.04. The third-order valence-electron chi connectivity index (χ3n) is 5.67. The number of carbonyl (C=O) groups excluding carboxylic acids is 1. The fraction of sp³-hybridized carbons (Fsp3) is 0.733. The summed E-state index contributed by atoms with van der Waals surface area (Å²) in [4.78, 5) is 23.4. The summed E-state index contributed by atoms with van der Waals surface area (Å²) in [6, 6.07) is 0. The first-order chi connectivity index (χ1) is 8.31.